The van der Waals surface area contributed by atoms with Gasteiger partial charge in [0.1, 0.15) is 5.75 Å². The van der Waals surface area contributed by atoms with Gasteiger partial charge in [0.05, 0.1) is 18.4 Å². The molecule has 2 aromatic rings. The van der Waals surface area contributed by atoms with Crippen molar-refractivity contribution in [3.8, 4) is 5.75 Å². The number of carboxylic acid groups (broad SMARTS) is 1. The Morgan fingerprint density at radius 3 is 2.64 bits per heavy atom. The van der Waals surface area contributed by atoms with Crippen LogP contribution in [0.15, 0.2) is 47.4 Å². The number of carboxylic acids is 1. The number of ether oxygens (including phenoxy) is 1. The van der Waals surface area contributed by atoms with Gasteiger partial charge in [-0.25, -0.2) is 4.79 Å². The van der Waals surface area contributed by atoms with E-state index in [9.17, 15) is 9.59 Å². The van der Waals surface area contributed by atoms with E-state index in [1.807, 2.05) is 31.2 Å². The molecule has 0 saturated heterocycles. The van der Waals surface area contributed by atoms with Crippen molar-refractivity contribution in [1.29, 1.82) is 0 Å². The van der Waals surface area contributed by atoms with Gasteiger partial charge in [-0.1, -0.05) is 24.3 Å². The number of aromatic carboxylic acids is 1. The molecule has 0 aliphatic carbocycles. The highest BCUT2D eigenvalue weighted by atomic mass is 32.2. The van der Waals surface area contributed by atoms with E-state index in [1.165, 1.54) is 31.0 Å². The number of hydrogen-bond donors (Lipinski definition) is 2. The lowest BCUT2D eigenvalue weighted by Crippen LogP contribution is -2.27. The van der Waals surface area contributed by atoms with Gasteiger partial charge >= 0.3 is 5.97 Å². The van der Waals surface area contributed by atoms with Crippen LogP contribution in [0.4, 0.5) is 0 Å². The third kappa shape index (κ3) is 5.53. The molecule has 25 heavy (non-hydrogen) atoms. The number of aryl methyl sites for hydroxylation is 1. The average Bonchev–Trinajstić information content (AvgIpc) is 2.61. The van der Waals surface area contributed by atoms with Crippen LogP contribution in [0.2, 0.25) is 0 Å². The molecule has 0 aliphatic rings. The van der Waals surface area contributed by atoms with Crippen molar-refractivity contribution in [2.24, 2.45) is 0 Å². The van der Waals surface area contributed by atoms with Crippen LogP contribution in [0.5, 0.6) is 5.75 Å². The molecule has 2 N–H and O–H groups in total. The van der Waals surface area contributed by atoms with Crippen molar-refractivity contribution in [1.82, 2.24) is 5.32 Å². The zero-order valence-electron chi connectivity index (χ0n) is 14.2. The van der Waals surface area contributed by atoms with Crippen molar-refractivity contribution >= 4 is 23.6 Å². The molecule has 132 valence electrons. The van der Waals surface area contributed by atoms with Crippen molar-refractivity contribution < 1.29 is 19.4 Å². The second kappa shape index (κ2) is 9.13. The fourth-order valence-corrected chi connectivity index (χ4v) is 3.19. The molecule has 0 saturated carbocycles. The number of nitrogens with one attached hydrogen (secondary N) is 1. The summed E-state index contributed by atoms with van der Waals surface area (Å²) in [6.45, 7) is 2.49. The third-order valence-corrected chi connectivity index (χ3v) is 4.88. The van der Waals surface area contributed by atoms with Crippen LogP contribution in [-0.2, 0) is 11.2 Å². The summed E-state index contributed by atoms with van der Waals surface area (Å²) in [5, 5.41) is 11.9. The van der Waals surface area contributed by atoms with Crippen molar-refractivity contribution in [2.75, 3.05) is 19.4 Å². The summed E-state index contributed by atoms with van der Waals surface area (Å²) < 4.78 is 5.23. The Bertz CT molecular complexity index is 761. The summed E-state index contributed by atoms with van der Waals surface area (Å²) in [6, 6.07) is 12.7. The van der Waals surface area contributed by atoms with Crippen LogP contribution in [0.1, 0.15) is 21.5 Å². The Morgan fingerprint density at radius 2 is 1.96 bits per heavy atom. The fraction of sp³-hybridized carbons (Fsp3) is 0.263. The standard InChI is InChI=1S/C19H21NO4S/c1-13-5-3-4-6-17(13)25-12-18(21)20-10-9-14-7-8-15(19(22)23)11-16(14)24-2/h3-8,11H,9-10,12H2,1-2H3,(H,20,21)(H,22,23). The maximum Gasteiger partial charge on any atom is 0.335 e. The second-order valence-corrected chi connectivity index (χ2v) is 6.50. The molecule has 0 radical (unpaired) electrons. The molecule has 5 nitrogen and oxygen atoms in total. The number of rotatable bonds is 8. The van der Waals surface area contributed by atoms with Gasteiger partial charge < -0.3 is 15.2 Å². The van der Waals surface area contributed by atoms with Gasteiger partial charge in [0, 0.05) is 11.4 Å². The number of carbonyl (C=O) groups excluding carboxylic acids is 1. The quantitative estimate of drug-likeness (QED) is 0.708. The van der Waals surface area contributed by atoms with E-state index in [2.05, 4.69) is 5.32 Å². The number of thioether (sulfide) groups is 1. The third-order valence-electron chi connectivity index (χ3n) is 3.70. The van der Waals surface area contributed by atoms with Gasteiger partial charge in [-0.2, -0.15) is 0 Å². The number of hydrogen-bond acceptors (Lipinski definition) is 4. The van der Waals surface area contributed by atoms with Gasteiger partial charge in [-0.05, 0) is 42.7 Å². The Kier molecular flexibility index (Phi) is 6.89. The van der Waals surface area contributed by atoms with Gasteiger partial charge in [0.15, 0.2) is 0 Å². The van der Waals surface area contributed by atoms with E-state index >= 15 is 0 Å². The SMILES string of the molecule is COc1cc(C(=O)O)ccc1CCNC(=O)CSc1ccccc1C. The van der Waals surface area contributed by atoms with Crippen molar-refractivity contribution in [3.63, 3.8) is 0 Å². The van der Waals surface area contributed by atoms with Crippen molar-refractivity contribution in [3.05, 3.63) is 59.2 Å². The first-order valence-corrected chi connectivity index (χ1v) is 8.85. The zero-order valence-corrected chi connectivity index (χ0v) is 15.1. The molecule has 0 atom stereocenters. The minimum Gasteiger partial charge on any atom is -0.496 e. The maximum absolute atomic E-state index is 12.0. The van der Waals surface area contributed by atoms with Gasteiger partial charge in [-0.3, -0.25) is 4.79 Å². The Hall–Kier alpha value is -2.47. The molecule has 0 fully saturated rings. The van der Waals surface area contributed by atoms with E-state index in [4.69, 9.17) is 9.84 Å². The minimum atomic E-state index is -0.994. The molecule has 6 heteroatoms. The fourth-order valence-electron chi connectivity index (χ4n) is 2.33. The first kappa shape index (κ1) is 18.9. The first-order chi connectivity index (χ1) is 12.0. The largest absolute Gasteiger partial charge is 0.496 e. The number of methoxy groups -OCH3 is 1. The highest BCUT2D eigenvalue weighted by Crippen LogP contribution is 2.22. The Balaban J connectivity index is 1.83. The normalized spacial score (nSPS) is 10.3. The van der Waals surface area contributed by atoms with Crippen LogP contribution in [-0.4, -0.2) is 36.4 Å². The molecule has 1 amide bonds. The van der Waals surface area contributed by atoms with Crippen LogP contribution < -0.4 is 10.1 Å². The summed E-state index contributed by atoms with van der Waals surface area (Å²) >= 11 is 1.51. The van der Waals surface area contributed by atoms with E-state index < -0.39 is 5.97 Å². The number of benzene rings is 2. The smallest absolute Gasteiger partial charge is 0.335 e. The van der Waals surface area contributed by atoms with E-state index in [0.29, 0.717) is 24.5 Å². The summed E-state index contributed by atoms with van der Waals surface area (Å²) in [7, 11) is 1.50. The molecular formula is C19H21NO4S. The molecular weight excluding hydrogens is 338 g/mol. The van der Waals surface area contributed by atoms with Crippen LogP contribution >= 0.6 is 11.8 Å². The molecule has 0 aliphatic heterocycles. The van der Waals surface area contributed by atoms with E-state index in [0.717, 1.165) is 16.0 Å². The van der Waals surface area contributed by atoms with E-state index in [-0.39, 0.29) is 11.5 Å². The van der Waals surface area contributed by atoms with Gasteiger partial charge in [0.25, 0.3) is 0 Å². The van der Waals surface area contributed by atoms with E-state index in [1.54, 1.807) is 6.07 Å². The highest BCUT2D eigenvalue weighted by molar-refractivity contribution is 8.00. The number of amides is 1. The predicted molar refractivity (Wildman–Crippen MR) is 98.6 cm³/mol. The minimum absolute atomic E-state index is 0.0330. The molecule has 0 aromatic heterocycles. The number of carbonyl (C=O) groups is 2. The van der Waals surface area contributed by atoms with Crippen LogP contribution in [0.25, 0.3) is 0 Å². The molecule has 0 bridgehead atoms. The topological polar surface area (TPSA) is 75.6 Å². The summed E-state index contributed by atoms with van der Waals surface area (Å²) in [4.78, 5) is 24.1. The van der Waals surface area contributed by atoms with Gasteiger partial charge in [0.2, 0.25) is 5.91 Å². The van der Waals surface area contributed by atoms with Crippen molar-refractivity contribution in [2.45, 2.75) is 18.2 Å². The monoisotopic (exact) mass is 359 g/mol. The summed E-state index contributed by atoms with van der Waals surface area (Å²) in [6.07, 6.45) is 0.573. The van der Waals surface area contributed by atoms with Crippen LogP contribution in [0, 0.1) is 6.92 Å². The average molecular weight is 359 g/mol. The molecule has 0 unspecified atom stereocenters. The lowest BCUT2D eigenvalue weighted by Gasteiger charge is -2.10. The molecule has 0 spiro atoms. The summed E-state index contributed by atoms with van der Waals surface area (Å²) in [5.74, 6) is -0.149. The first-order valence-electron chi connectivity index (χ1n) is 7.86. The Labute approximate surface area is 151 Å². The summed E-state index contributed by atoms with van der Waals surface area (Å²) in [5.41, 5.74) is 2.20. The molecule has 0 heterocycles. The second-order valence-electron chi connectivity index (χ2n) is 5.49. The lowest BCUT2D eigenvalue weighted by atomic mass is 10.1. The lowest BCUT2D eigenvalue weighted by molar-refractivity contribution is -0.118. The maximum atomic E-state index is 12.0. The zero-order chi connectivity index (χ0) is 18.2. The van der Waals surface area contributed by atoms with Crippen LogP contribution in [0.3, 0.4) is 0 Å². The molecule has 2 rings (SSSR count). The Morgan fingerprint density at radius 1 is 1.20 bits per heavy atom. The van der Waals surface area contributed by atoms with Gasteiger partial charge in [-0.15, -0.1) is 11.8 Å². The molecule has 2 aromatic carbocycles. The highest BCUT2D eigenvalue weighted by Gasteiger charge is 2.10. The predicted octanol–water partition coefficient (Wildman–Crippen LogP) is 3.15.